The van der Waals surface area contributed by atoms with Gasteiger partial charge in [-0.2, -0.15) is 0 Å². The smallest absolute Gasteiger partial charge is 0.251 e. The third-order valence-corrected chi connectivity index (χ3v) is 3.75. The van der Waals surface area contributed by atoms with Crippen LogP contribution in [0.4, 0.5) is 0 Å². The first-order valence-electron chi connectivity index (χ1n) is 7.10. The molecule has 4 nitrogen and oxygen atoms in total. The van der Waals surface area contributed by atoms with Gasteiger partial charge in [-0.25, -0.2) is 4.98 Å². The molecule has 1 aromatic heterocycles. The Hall–Kier alpha value is -2.77. The molecule has 0 atom stereocenters. The van der Waals surface area contributed by atoms with E-state index in [1.165, 1.54) is 0 Å². The van der Waals surface area contributed by atoms with E-state index in [0.29, 0.717) is 23.7 Å². The molecule has 114 valence electrons. The number of fused-ring (bicyclic) bond motifs is 1. The highest BCUT2D eigenvalue weighted by Gasteiger charge is 2.11. The number of hydrogen-bond acceptors (Lipinski definition) is 2. The molecular weight excluding hydrogens is 310 g/mol. The number of nitrogens with one attached hydrogen (secondary N) is 1. The van der Waals surface area contributed by atoms with Crippen molar-refractivity contribution < 1.29 is 4.79 Å². The number of amides is 1. The second kappa shape index (κ2) is 6.55. The Morgan fingerprint density at radius 2 is 1.96 bits per heavy atom. The predicted octanol–water partition coefficient (Wildman–Crippen LogP) is 3.25. The molecule has 2 aromatic carbocycles. The summed E-state index contributed by atoms with van der Waals surface area (Å²) in [6, 6.07) is 14.5. The van der Waals surface area contributed by atoms with E-state index in [1.807, 2.05) is 28.8 Å². The van der Waals surface area contributed by atoms with Gasteiger partial charge in [-0.1, -0.05) is 29.7 Å². The summed E-state index contributed by atoms with van der Waals surface area (Å²) in [6.07, 6.45) is 5.44. The van der Waals surface area contributed by atoms with Crippen molar-refractivity contribution >= 4 is 28.5 Å². The van der Waals surface area contributed by atoms with Gasteiger partial charge in [0.2, 0.25) is 0 Å². The van der Waals surface area contributed by atoms with Crippen LogP contribution in [0.1, 0.15) is 16.2 Å². The minimum atomic E-state index is -0.180. The lowest BCUT2D eigenvalue weighted by Crippen LogP contribution is -2.24. The number of carbonyl (C=O) groups excluding carboxylic acids is 1. The van der Waals surface area contributed by atoms with Crippen LogP contribution < -0.4 is 5.32 Å². The quantitative estimate of drug-likeness (QED) is 0.749. The predicted molar refractivity (Wildman–Crippen MR) is 91.2 cm³/mol. The number of rotatable bonds is 4. The minimum Gasteiger partial charge on any atom is -0.345 e. The van der Waals surface area contributed by atoms with Crippen molar-refractivity contribution in [3.63, 3.8) is 0 Å². The molecule has 0 radical (unpaired) electrons. The summed E-state index contributed by atoms with van der Waals surface area (Å²) < 4.78 is 1.93. The van der Waals surface area contributed by atoms with Crippen LogP contribution in [0.3, 0.4) is 0 Å². The van der Waals surface area contributed by atoms with E-state index in [1.54, 1.807) is 24.3 Å². The first-order chi connectivity index (χ1) is 11.2. The SMILES string of the molecule is C#CCn1c(CNC(=O)c2ccc(Cl)cc2)nc2ccccc21. The maximum absolute atomic E-state index is 12.2. The Morgan fingerprint density at radius 3 is 2.70 bits per heavy atom. The molecule has 0 saturated heterocycles. The van der Waals surface area contributed by atoms with Crippen LogP contribution >= 0.6 is 11.6 Å². The van der Waals surface area contributed by atoms with Crippen molar-refractivity contribution in [1.29, 1.82) is 0 Å². The molecule has 1 N–H and O–H groups in total. The number of para-hydroxylation sites is 2. The van der Waals surface area contributed by atoms with Gasteiger partial charge >= 0.3 is 0 Å². The maximum Gasteiger partial charge on any atom is 0.251 e. The average molecular weight is 324 g/mol. The molecule has 23 heavy (non-hydrogen) atoms. The molecule has 5 heteroatoms. The van der Waals surface area contributed by atoms with Crippen LogP contribution in [-0.4, -0.2) is 15.5 Å². The van der Waals surface area contributed by atoms with Crippen LogP contribution in [0.15, 0.2) is 48.5 Å². The lowest BCUT2D eigenvalue weighted by atomic mass is 10.2. The van der Waals surface area contributed by atoms with Crippen LogP contribution in [0.2, 0.25) is 5.02 Å². The summed E-state index contributed by atoms with van der Waals surface area (Å²) in [5.74, 6) is 3.17. The van der Waals surface area contributed by atoms with Crippen molar-refractivity contribution in [2.24, 2.45) is 0 Å². The number of terminal acetylenes is 1. The summed E-state index contributed by atoms with van der Waals surface area (Å²) in [5.41, 5.74) is 2.37. The number of imidazole rings is 1. The van der Waals surface area contributed by atoms with Gasteiger partial charge in [-0.3, -0.25) is 4.79 Å². The standard InChI is InChI=1S/C18H14ClN3O/c1-2-11-22-16-6-4-3-5-15(16)21-17(22)12-20-18(23)13-7-9-14(19)10-8-13/h1,3-10H,11-12H2,(H,20,23). The Labute approximate surface area is 139 Å². The second-order valence-corrected chi connectivity index (χ2v) is 5.43. The zero-order valence-corrected chi connectivity index (χ0v) is 13.0. The molecular formula is C18H14ClN3O. The van der Waals surface area contributed by atoms with E-state index in [-0.39, 0.29) is 5.91 Å². The number of hydrogen-bond donors (Lipinski definition) is 1. The lowest BCUT2D eigenvalue weighted by Gasteiger charge is -2.07. The molecule has 1 heterocycles. The summed E-state index contributed by atoms with van der Waals surface area (Å²) in [6.45, 7) is 0.713. The third-order valence-electron chi connectivity index (χ3n) is 3.50. The normalized spacial score (nSPS) is 10.4. The van der Waals surface area contributed by atoms with Gasteiger partial charge in [0.1, 0.15) is 5.82 Å². The topological polar surface area (TPSA) is 46.9 Å². The zero-order chi connectivity index (χ0) is 16.2. The van der Waals surface area contributed by atoms with E-state index in [4.69, 9.17) is 18.0 Å². The van der Waals surface area contributed by atoms with E-state index in [0.717, 1.165) is 16.9 Å². The van der Waals surface area contributed by atoms with Crippen molar-refractivity contribution in [3.05, 3.63) is 64.9 Å². The number of carbonyl (C=O) groups is 1. The molecule has 3 aromatic rings. The summed E-state index contributed by atoms with van der Waals surface area (Å²) in [7, 11) is 0. The largest absolute Gasteiger partial charge is 0.345 e. The fourth-order valence-electron chi connectivity index (χ4n) is 2.39. The Kier molecular flexibility index (Phi) is 4.31. The zero-order valence-electron chi connectivity index (χ0n) is 12.3. The van der Waals surface area contributed by atoms with E-state index in [2.05, 4.69) is 16.2 Å². The monoisotopic (exact) mass is 323 g/mol. The molecule has 3 rings (SSSR count). The lowest BCUT2D eigenvalue weighted by molar-refractivity contribution is 0.0949. The molecule has 0 aliphatic heterocycles. The van der Waals surface area contributed by atoms with Gasteiger partial charge in [0.15, 0.2) is 0 Å². The van der Waals surface area contributed by atoms with E-state index in [9.17, 15) is 4.79 Å². The number of nitrogens with zero attached hydrogens (tertiary/aromatic N) is 2. The van der Waals surface area contributed by atoms with Gasteiger partial charge in [0.25, 0.3) is 5.91 Å². The van der Waals surface area contributed by atoms with Crippen molar-refractivity contribution in [2.75, 3.05) is 0 Å². The van der Waals surface area contributed by atoms with Gasteiger partial charge < -0.3 is 9.88 Å². The fraction of sp³-hybridized carbons (Fsp3) is 0.111. The van der Waals surface area contributed by atoms with Gasteiger partial charge in [-0.15, -0.1) is 6.42 Å². The van der Waals surface area contributed by atoms with Crippen LogP contribution in [0.5, 0.6) is 0 Å². The first kappa shape index (κ1) is 15.1. The number of halogens is 1. The van der Waals surface area contributed by atoms with Crippen LogP contribution in [-0.2, 0) is 13.1 Å². The fourth-order valence-corrected chi connectivity index (χ4v) is 2.52. The molecule has 1 amide bonds. The number of benzene rings is 2. The Balaban J connectivity index is 1.81. The van der Waals surface area contributed by atoms with Crippen LogP contribution in [0, 0.1) is 12.3 Å². The van der Waals surface area contributed by atoms with Gasteiger partial charge in [0, 0.05) is 10.6 Å². The molecule has 0 spiro atoms. The average Bonchev–Trinajstić information content (AvgIpc) is 2.92. The van der Waals surface area contributed by atoms with Gasteiger partial charge in [-0.05, 0) is 36.4 Å². The maximum atomic E-state index is 12.2. The van der Waals surface area contributed by atoms with Gasteiger partial charge in [0.05, 0.1) is 24.1 Å². The molecule has 0 unspecified atom stereocenters. The second-order valence-electron chi connectivity index (χ2n) is 5.00. The highest BCUT2D eigenvalue weighted by molar-refractivity contribution is 6.30. The van der Waals surface area contributed by atoms with E-state index >= 15 is 0 Å². The number of aromatic nitrogens is 2. The van der Waals surface area contributed by atoms with E-state index < -0.39 is 0 Å². The van der Waals surface area contributed by atoms with Crippen molar-refractivity contribution in [1.82, 2.24) is 14.9 Å². The minimum absolute atomic E-state index is 0.180. The highest BCUT2D eigenvalue weighted by Crippen LogP contribution is 2.16. The molecule has 0 bridgehead atoms. The van der Waals surface area contributed by atoms with Crippen molar-refractivity contribution in [3.8, 4) is 12.3 Å². The molecule has 0 fully saturated rings. The summed E-state index contributed by atoms with van der Waals surface area (Å²) >= 11 is 5.83. The first-order valence-corrected chi connectivity index (χ1v) is 7.48. The Morgan fingerprint density at radius 1 is 1.22 bits per heavy atom. The van der Waals surface area contributed by atoms with Crippen LogP contribution in [0.25, 0.3) is 11.0 Å². The summed E-state index contributed by atoms with van der Waals surface area (Å²) in [5, 5.41) is 3.46. The molecule has 0 saturated carbocycles. The molecule has 0 aliphatic rings. The van der Waals surface area contributed by atoms with Crippen molar-refractivity contribution in [2.45, 2.75) is 13.1 Å². The Bertz CT molecular complexity index is 891. The molecule has 0 aliphatic carbocycles. The third kappa shape index (κ3) is 3.20. The summed E-state index contributed by atoms with van der Waals surface area (Å²) in [4.78, 5) is 16.7. The highest BCUT2D eigenvalue weighted by atomic mass is 35.5.